The van der Waals surface area contributed by atoms with Crippen LogP contribution in [-0.4, -0.2) is 26.0 Å². The molecular formula is C7H15O3+. The molecule has 0 atom stereocenters. The number of hydrogen-bond donors (Lipinski definition) is 0. The van der Waals surface area contributed by atoms with Gasteiger partial charge in [-0.3, -0.25) is 0 Å². The van der Waals surface area contributed by atoms with Crippen LogP contribution in [-0.2, 0) is 9.47 Å². The number of hydrogen-bond acceptors (Lipinski definition) is 2. The van der Waals surface area contributed by atoms with Crippen LogP contribution in [0, 0.1) is 0 Å². The quantitative estimate of drug-likeness (QED) is 0.449. The molecule has 3 nitrogen and oxygen atoms in total. The molecule has 0 rings (SSSR count). The fraction of sp³-hybridized carbons (Fsp3) is 0.857. The van der Waals surface area contributed by atoms with E-state index in [1.54, 1.807) is 0 Å². The molecule has 0 aliphatic rings. The lowest BCUT2D eigenvalue weighted by Crippen LogP contribution is -2.08. The van der Waals surface area contributed by atoms with Gasteiger partial charge in [-0.1, -0.05) is 0 Å². The van der Waals surface area contributed by atoms with Crippen LogP contribution in [0.2, 0.25) is 0 Å². The van der Waals surface area contributed by atoms with E-state index in [1.165, 1.54) is 0 Å². The van der Waals surface area contributed by atoms with Gasteiger partial charge in [-0.05, 0) is 20.8 Å². The Hall–Kier alpha value is -0.730. The third kappa shape index (κ3) is 4.18. The summed E-state index contributed by atoms with van der Waals surface area (Å²) in [7, 11) is 0. The van der Waals surface area contributed by atoms with Crippen molar-refractivity contribution in [2.45, 2.75) is 20.8 Å². The monoisotopic (exact) mass is 147 g/mol. The molecule has 3 heteroatoms. The van der Waals surface area contributed by atoms with Gasteiger partial charge < -0.3 is 13.9 Å². The summed E-state index contributed by atoms with van der Waals surface area (Å²) in [5, 5.41) is 0. The van der Waals surface area contributed by atoms with Gasteiger partial charge in [-0.25, -0.2) is 0 Å². The van der Waals surface area contributed by atoms with Crippen molar-refractivity contribution >= 4 is 6.16 Å². The Kier molecular flexibility index (Phi) is 5.92. The third-order valence-electron chi connectivity index (χ3n) is 0.787. The van der Waals surface area contributed by atoms with E-state index in [0.29, 0.717) is 19.8 Å². The molecule has 60 valence electrons. The topological polar surface area (TPSA) is 29.8 Å². The largest absolute Gasteiger partial charge is 0.714 e. The highest BCUT2D eigenvalue weighted by atomic mass is 16.8. The van der Waals surface area contributed by atoms with Crippen LogP contribution in [0.3, 0.4) is 0 Å². The summed E-state index contributed by atoms with van der Waals surface area (Å²) in [6, 6.07) is 0. The summed E-state index contributed by atoms with van der Waals surface area (Å²) >= 11 is 0. The first kappa shape index (κ1) is 9.27. The van der Waals surface area contributed by atoms with E-state index < -0.39 is 0 Å². The van der Waals surface area contributed by atoms with E-state index in [4.69, 9.17) is 13.9 Å². The van der Waals surface area contributed by atoms with Crippen LogP contribution in [0.4, 0.5) is 4.42 Å². The summed E-state index contributed by atoms with van der Waals surface area (Å²) in [6.07, 6.45) is 0.285. The number of rotatable bonds is 3. The lowest BCUT2D eigenvalue weighted by molar-refractivity contribution is -0.175. The van der Waals surface area contributed by atoms with E-state index >= 15 is 0 Å². The van der Waals surface area contributed by atoms with Gasteiger partial charge in [0, 0.05) is 0 Å². The Labute approximate surface area is 61.6 Å². The van der Waals surface area contributed by atoms with Crippen molar-refractivity contribution in [1.29, 1.82) is 0 Å². The average molecular weight is 147 g/mol. The van der Waals surface area contributed by atoms with Crippen molar-refractivity contribution in [3.8, 4) is 0 Å². The van der Waals surface area contributed by atoms with Gasteiger partial charge in [0.1, 0.15) is 0 Å². The normalized spacial score (nSPS) is 8.70. The van der Waals surface area contributed by atoms with Crippen molar-refractivity contribution < 1.29 is 13.9 Å². The molecule has 0 spiro atoms. The van der Waals surface area contributed by atoms with E-state index in [-0.39, 0.29) is 6.16 Å². The molecule has 0 heterocycles. The van der Waals surface area contributed by atoms with Crippen LogP contribution in [0.25, 0.3) is 0 Å². The van der Waals surface area contributed by atoms with Gasteiger partial charge in [0.2, 0.25) is 0 Å². The first-order valence-electron chi connectivity index (χ1n) is 3.60. The highest BCUT2D eigenvalue weighted by Crippen LogP contribution is 1.90. The number of ether oxygens (including phenoxy) is 2. The zero-order valence-electron chi connectivity index (χ0n) is 6.85. The second-order valence-electron chi connectivity index (χ2n) is 1.55. The first-order valence-corrected chi connectivity index (χ1v) is 3.60. The van der Waals surface area contributed by atoms with Crippen molar-refractivity contribution in [3.05, 3.63) is 0 Å². The van der Waals surface area contributed by atoms with Gasteiger partial charge in [-0.2, -0.15) is 0 Å². The minimum atomic E-state index is 0.285. The minimum Gasteiger partial charge on any atom is -0.320 e. The maximum atomic E-state index is 5.00. The molecule has 0 aliphatic heterocycles. The van der Waals surface area contributed by atoms with Crippen LogP contribution in [0.5, 0.6) is 0 Å². The molecule has 0 N–H and O–H groups in total. The lowest BCUT2D eigenvalue weighted by atomic mass is 10.8. The number of carbonyl (C=O) groups excluding carboxylic acids is 1. The molecule has 0 aliphatic carbocycles. The van der Waals surface area contributed by atoms with Gasteiger partial charge >= 0.3 is 6.16 Å². The fourth-order valence-corrected chi connectivity index (χ4v) is 0.479. The Bertz CT molecular complexity index is 91.0. The maximum Gasteiger partial charge on any atom is 0.714 e. The zero-order chi connectivity index (χ0) is 7.82. The van der Waals surface area contributed by atoms with E-state index in [2.05, 4.69) is 0 Å². The van der Waals surface area contributed by atoms with Gasteiger partial charge in [0.25, 0.3) is 0 Å². The van der Waals surface area contributed by atoms with Gasteiger partial charge in [-0.15, -0.1) is 0 Å². The first-order chi connectivity index (χ1) is 4.85. The zero-order valence-corrected chi connectivity index (χ0v) is 6.85. The second-order valence-corrected chi connectivity index (χ2v) is 1.55. The standard InChI is InChI=1S/C7H15O3/c1-4-8-7(9-5-2)10-6-3/h4-6H2,1-3H3/q+1. The van der Waals surface area contributed by atoms with E-state index in [9.17, 15) is 0 Å². The SMILES string of the molecule is CCOC(OCC)=[O+]CC. The molecule has 0 saturated carbocycles. The Morgan fingerprint density at radius 2 is 1.60 bits per heavy atom. The third-order valence-corrected chi connectivity index (χ3v) is 0.787. The Morgan fingerprint density at radius 1 is 1.10 bits per heavy atom. The molecule has 0 saturated heterocycles. The average Bonchev–Trinajstić information content (AvgIpc) is 1.90. The van der Waals surface area contributed by atoms with E-state index in [1.807, 2.05) is 20.8 Å². The summed E-state index contributed by atoms with van der Waals surface area (Å²) in [5.41, 5.74) is 0. The second kappa shape index (κ2) is 6.39. The molecule has 0 fully saturated rings. The molecule has 0 aromatic rings. The molecule has 0 aromatic carbocycles. The summed E-state index contributed by atoms with van der Waals surface area (Å²) in [6.45, 7) is 7.40. The molecule has 10 heavy (non-hydrogen) atoms. The van der Waals surface area contributed by atoms with Crippen molar-refractivity contribution in [3.63, 3.8) is 0 Å². The minimum absolute atomic E-state index is 0.285. The highest BCUT2D eigenvalue weighted by Gasteiger charge is 2.13. The van der Waals surface area contributed by atoms with Crippen molar-refractivity contribution in [2.24, 2.45) is 0 Å². The van der Waals surface area contributed by atoms with Crippen LogP contribution >= 0.6 is 0 Å². The molecule has 0 unspecified atom stereocenters. The van der Waals surface area contributed by atoms with Crippen molar-refractivity contribution in [1.82, 2.24) is 0 Å². The van der Waals surface area contributed by atoms with Crippen LogP contribution in [0.15, 0.2) is 0 Å². The Morgan fingerprint density at radius 3 is 1.90 bits per heavy atom. The summed E-state index contributed by atoms with van der Waals surface area (Å²) < 4.78 is 15.0. The van der Waals surface area contributed by atoms with E-state index in [0.717, 1.165) is 0 Å². The molecule has 0 bridgehead atoms. The summed E-state index contributed by atoms with van der Waals surface area (Å²) in [4.78, 5) is 0. The highest BCUT2D eigenvalue weighted by molar-refractivity contribution is 5.60. The summed E-state index contributed by atoms with van der Waals surface area (Å²) in [5.74, 6) is 0. The maximum absolute atomic E-state index is 5.00. The van der Waals surface area contributed by atoms with Gasteiger partial charge in [0.05, 0.1) is 0 Å². The van der Waals surface area contributed by atoms with Crippen molar-refractivity contribution in [2.75, 3.05) is 19.8 Å². The molecule has 0 aromatic heterocycles. The Balaban J connectivity index is 3.60. The van der Waals surface area contributed by atoms with Crippen LogP contribution in [0.1, 0.15) is 20.8 Å². The fourth-order valence-electron chi connectivity index (χ4n) is 0.479. The molecule has 0 amide bonds. The predicted molar refractivity (Wildman–Crippen MR) is 39.2 cm³/mol. The van der Waals surface area contributed by atoms with Crippen LogP contribution < -0.4 is 0 Å². The predicted octanol–water partition coefficient (Wildman–Crippen LogP) is 1.74. The van der Waals surface area contributed by atoms with Gasteiger partial charge in [0.15, 0.2) is 19.8 Å². The smallest absolute Gasteiger partial charge is 0.320 e. The molecule has 0 radical (unpaired) electrons. The molecular weight excluding hydrogens is 132 g/mol. The lowest BCUT2D eigenvalue weighted by Gasteiger charge is -1.92.